The van der Waals surface area contributed by atoms with Crippen LogP contribution in [0.15, 0.2) is 16.9 Å². The molecule has 3 heterocycles. The fourth-order valence-electron chi connectivity index (χ4n) is 2.80. The molecule has 0 spiro atoms. The van der Waals surface area contributed by atoms with Gasteiger partial charge >= 0.3 is 0 Å². The molecular weight excluding hydrogens is 220 g/mol. The summed E-state index contributed by atoms with van der Waals surface area (Å²) >= 11 is 0. The number of rotatable bonds is 1. The zero-order chi connectivity index (χ0) is 12.2. The molecule has 2 atom stereocenters. The van der Waals surface area contributed by atoms with Crippen LogP contribution in [-0.2, 0) is 4.79 Å². The Morgan fingerprint density at radius 3 is 2.88 bits per heavy atom. The number of carbonyl (C=O) groups excluding carboxylic acids is 1. The maximum Gasteiger partial charge on any atom is 0.252 e. The van der Waals surface area contributed by atoms with Gasteiger partial charge in [0.25, 0.3) is 5.56 Å². The summed E-state index contributed by atoms with van der Waals surface area (Å²) in [5.41, 5.74) is 0.882. The molecule has 0 bridgehead atoms. The van der Waals surface area contributed by atoms with E-state index in [0.29, 0.717) is 18.8 Å². The van der Waals surface area contributed by atoms with Gasteiger partial charge in [-0.15, -0.1) is 0 Å². The molecule has 2 unspecified atom stereocenters. The van der Waals surface area contributed by atoms with Gasteiger partial charge in [0.2, 0.25) is 5.91 Å². The lowest BCUT2D eigenvalue weighted by Gasteiger charge is -2.28. The lowest BCUT2D eigenvalue weighted by molar-refractivity contribution is -0.119. The van der Waals surface area contributed by atoms with Crippen molar-refractivity contribution < 1.29 is 9.90 Å². The highest BCUT2D eigenvalue weighted by molar-refractivity contribution is 5.97. The molecule has 0 radical (unpaired) electrons. The summed E-state index contributed by atoms with van der Waals surface area (Å²) in [5.74, 6) is 0.874. The van der Waals surface area contributed by atoms with Gasteiger partial charge in [0, 0.05) is 12.5 Å². The van der Waals surface area contributed by atoms with Crippen molar-refractivity contribution in [2.45, 2.75) is 25.3 Å². The highest BCUT2D eigenvalue weighted by Gasteiger charge is 2.39. The maximum atomic E-state index is 11.9. The van der Waals surface area contributed by atoms with Gasteiger partial charge < -0.3 is 5.11 Å². The van der Waals surface area contributed by atoms with E-state index in [4.69, 9.17) is 0 Å². The van der Waals surface area contributed by atoms with Crippen molar-refractivity contribution in [3.8, 4) is 0 Å². The van der Waals surface area contributed by atoms with E-state index in [0.717, 1.165) is 5.56 Å². The molecule has 5 heteroatoms. The summed E-state index contributed by atoms with van der Waals surface area (Å²) in [6.07, 6.45) is 0.476. The van der Waals surface area contributed by atoms with E-state index in [1.807, 2.05) is 6.92 Å². The van der Waals surface area contributed by atoms with Crippen molar-refractivity contribution in [2.24, 2.45) is 0 Å². The standard InChI is InChI=1S/C12H14N2O3/c1-7-4-11(17)13-5-8(6-15)14-10(16)3-2-9(7)12(13)14/h2-3,7-8,15H,4-6H2,1H3. The maximum absolute atomic E-state index is 11.9. The van der Waals surface area contributed by atoms with E-state index in [-0.39, 0.29) is 30.0 Å². The van der Waals surface area contributed by atoms with E-state index in [9.17, 15) is 14.7 Å². The predicted octanol–water partition coefficient (Wildman–Crippen LogP) is 0.236. The van der Waals surface area contributed by atoms with Crippen molar-refractivity contribution in [1.82, 2.24) is 4.57 Å². The Bertz CT molecular complexity index is 549. The number of hydrogen-bond acceptors (Lipinski definition) is 3. The monoisotopic (exact) mass is 234 g/mol. The molecular formula is C12H14N2O3. The van der Waals surface area contributed by atoms with Crippen molar-refractivity contribution in [3.05, 3.63) is 28.0 Å². The first-order chi connectivity index (χ1) is 8.13. The minimum absolute atomic E-state index is 0.0419. The van der Waals surface area contributed by atoms with Gasteiger partial charge in [-0.25, -0.2) is 0 Å². The molecule has 90 valence electrons. The number of carbonyl (C=O) groups is 1. The van der Waals surface area contributed by atoms with E-state index >= 15 is 0 Å². The van der Waals surface area contributed by atoms with E-state index in [2.05, 4.69) is 0 Å². The zero-order valence-corrected chi connectivity index (χ0v) is 9.59. The van der Waals surface area contributed by atoms with Crippen LogP contribution in [0.3, 0.4) is 0 Å². The highest BCUT2D eigenvalue weighted by Crippen LogP contribution is 2.39. The summed E-state index contributed by atoms with van der Waals surface area (Å²) < 4.78 is 1.56. The summed E-state index contributed by atoms with van der Waals surface area (Å²) in [6, 6.07) is 3.03. The smallest absolute Gasteiger partial charge is 0.252 e. The van der Waals surface area contributed by atoms with Crippen LogP contribution in [0.2, 0.25) is 0 Å². The number of aliphatic hydroxyl groups is 1. The largest absolute Gasteiger partial charge is 0.394 e. The van der Waals surface area contributed by atoms with Crippen molar-refractivity contribution in [2.75, 3.05) is 18.1 Å². The molecule has 1 aromatic heterocycles. The molecule has 2 aliphatic heterocycles. The molecule has 1 N–H and O–H groups in total. The van der Waals surface area contributed by atoms with E-state index < -0.39 is 0 Å². The Balaban J connectivity index is 2.29. The average Bonchev–Trinajstić information content (AvgIpc) is 2.69. The average molecular weight is 234 g/mol. The van der Waals surface area contributed by atoms with Crippen LogP contribution in [0.5, 0.6) is 0 Å². The minimum atomic E-state index is -0.299. The minimum Gasteiger partial charge on any atom is -0.394 e. The molecule has 3 rings (SSSR count). The Labute approximate surface area is 98.3 Å². The zero-order valence-electron chi connectivity index (χ0n) is 9.59. The lowest BCUT2D eigenvalue weighted by atomic mass is 9.94. The first-order valence-corrected chi connectivity index (χ1v) is 5.80. The Kier molecular flexibility index (Phi) is 2.13. The van der Waals surface area contributed by atoms with Crippen molar-refractivity contribution >= 4 is 11.7 Å². The number of pyridine rings is 1. The van der Waals surface area contributed by atoms with Gasteiger partial charge in [-0.05, 0) is 17.5 Å². The third kappa shape index (κ3) is 1.29. The van der Waals surface area contributed by atoms with Gasteiger partial charge in [-0.1, -0.05) is 6.92 Å². The molecule has 1 amide bonds. The molecule has 0 aliphatic carbocycles. The Hall–Kier alpha value is -1.62. The third-order valence-electron chi connectivity index (χ3n) is 3.67. The topological polar surface area (TPSA) is 62.5 Å². The molecule has 0 aromatic carbocycles. The van der Waals surface area contributed by atoms with E-state index in [1.54, 1.807) is 15.5 Å². The normalized spacial score (nSPS) is 26.2. The molecule has 0 saturated heterocycles. The van der Waals surface area contributed by atoms with Crippen LogP contribution < -0.4 is 10.5 Å². The van der Waals surface area contributed by atoms with Crippen molar-refractivity contribution in [3.63, 3.8) is 0 Å². The summed E-state index contributed by atoms with van der Waals surface area (Å²) in [6.45, 7) is 2.28. The third-order valence-corrected chi connectivity index (χ3v) is 3.67. The van der Waals surface area contributed by atoms with Crippen LogP contribution in [0.1, 0.15) is 30.9 Å². The molecule has 0 fully saturated rings. The van der Waals surface area contributed by atoms with Gasteiger partial charge in [0.1, 0.15) is 5.82 Å². The van der Waals surface area contributed by atoms with Crippen LogP contribution >= 0.6 is 0 Å². The first-order valence-electron chi connectivity index (χ1n) is 5.80. The first kappa shape index (κ1) is 10.5. The Morgan fingerprint density at radius 1 is 1.41 bits per heavy atom. The van der Waals surface area contributed by atoms with Crippen LogP contribution in [0.25, 0.3) is 0 Å². The fraction of sp³-hybridized carbons (Fsp3) is 0.500. The van der Waals surface area contributed by atoms with Gasteiger partial charge in [-0.2, -0.15) is 0 Å². The second-order valence-electron chi connectivity index (χ2n) is 4.77. The molecule has 2 aliphatic rings. The fourth-order valence-corrected chi connectivity index (χ4v) is 2.80. The summed E-state index contributed by atoms with van der Waals surface area (Å²) in [4.78, 5) is 25.4. The lowest BCUT2D eigenvalue weighted by Crippen LogP contribution is -2.35. The molecule has 1 aromatic rings. The quantitative estimate of drug-likeness (QED) is 0.757. The Morgan fingerprint density at radius 2 is 2.18 bits per heavy atom. The second kappa shape index (κ2) is 3.43. The van der Waals surface area contributed by atoms with Crippen molar-refractivity contribution in [1.29, 1.82) is 0 Å². The van der Waals surface area contributed by atoms with Gasteiger partial charge in [0.15, 0.2) is 0 Å². The SMILES string of the molecule is CC1CC(=O)N2CC(CO)n3c2c1ccc3=O. The number of nitrogens with zero attached hydrogens (tertiary/aromatic N) is 2. The number of aromatic nitrogens is 1. The molecule has 5 nitrogen and oxygen atoms in total. The number of amides is 1. The molecule has 17 heavy (non-hydrogen) atoms. The van der Waals surface area contributed by atoms with E-state index in [1.165, 1.54) is 6.07 Å². The number of aliphatic hydroxyl groups excluding tert-OH is 1. The molecule has 0 saturated carbocycles. The van der Waals surface area contributed by atoms with Gasteiger partial charge in [-0.3, -0.25) is 19.1 Å². The van der Waals surface area contributed by atoms with Gasteiger partial charge in [0.05, 0.1) is 19.2 Å². The summed E-state index contributed by atoms with van der Waals surface area (Å²) in [5, 5.41) is 9.32. The second-order valence-corrected chi connectivity index (χ2v) is 4.77. The van der Waals surface area contributed by atoms with Crippen LogP contribution in [-0.4, -0.2) is 28.7 Å². The highest BCUT2D eigenvalue weighted by atomic mass is 16.3. The van der Waals surface area contributed by atoms with Crippen LogP contribution in [0, 0.1) is 0 Å². The summed E-state index contributed by atoms with van der Waals surface area (Å²) in [7, 11) is 0. The van der Waals surface area contributed by atoms with Crippen LogP contribution in [0.4, 0.5) is 5.82 Å². The number of anilines is 1. The predicted molar refractivity (Wildman–Crippen MR) is 62.2 cm³/mol. The number of hydrogen-bond donors (Lipinski definition) is 1.